The Hall–Kier alpha value is -2.31. The van der Waals surface area contributed by atoms with Crippen LogP contribution in [0.25, 0.3) is 0 Å². The highest BCUT2D eigenvalue weighted by Gasteiger charge is 2.32. The maximum absolute atomic E-state index is 12.6. The van der Waals surface area contributed by atoms with E-state index in [4.69, 9.17) is 27.9 Å². The number of amides is 1. The minimum absolute atomic E-state index is 0.249. The molecule has 1 N–H and O–H groups in total. The zero-order valence-electron chi connectivity index (χ0n) is 13.7. The van der Waals surface area contributed by atoms with Gasteiger partial charge in [-0.25, -0.2) is 9.78 Å². The molecule has 8 heteroatoms. The third-order valence-corrected chi connectivity index (χ3v) is 4.96. The molecular weight excluding hydrogens is 379 g/mol. The van der Waals surface area contributed by atoms with Crippen LogP contribution in [0.15, 0.2) is 36.5 Å². The highest BCUT2D eigenvalue weighted by Crippen LogP contribution is 2.34. The molecule has 0 saturated carbocycles. The first-order valence-electron chi connectivity index (χ1n) is 8.09. The fourth-order valence-corrected chi connectivity index (χ4v) is 3.17. The molecule has 1 saturated heterocycles. The number of carbonyl (C=O) groups excluding carboxylic acids is 1. The van der Waals surface area contributed by atoms with Gasteiger partial charge in [-0.05, 0) is 37.5 Å². The lowest BCUT2D eigenvalue weighted by Gasteiger charge is -2.32. The number of carbonyl (C=O) groups is 2. The van der Waals surface area contributed by atoms with E-state index < -0.39 is 12.0 Å². The number of aromatic nitrogens is 1. The second-order valence-electron chi connectivity index (χ2n) is 5.89. The molecule has 1 aromatic carbocycles. The van der Waals surface area contributed by atoms with Crippen molar-refractivity contribution in [2.24, 2.45) is 0 Å². The number of nitrogens with zero attached hydrogens (tertiary/aromatic N) is 2. The van der Waals surface area contributed by atoms with Crippen molar-refractivity contribution in [2.45, 2.75) is 25.3 Å². The van der Waals surface area contributed by atoms with Crippen LogP contribution in [0, 0.1) is 0 Å². The molecule has 1 aromatic heterocycles. The number of halogens is 2. The van der Waals surface area contributed by atoms with Crippen molar-refractivity contribution in [3.05, 3.63) is 52.1 Å². The normalized spacial score (nSPS) is 17.0. The maximum Gasteiger partial charge on any atom is 0.326 e. The maximum atomic E-state index is 12.6. The predicted molar refractivity (Wildman–Crippen MR) is 97.1 cm³/mol. The summed E-state index contributed by atoms with van der Waals surface area (Å²) >= 11 is 12.0. The van der Waals surface area contributed by atoms with E-state index in [1.165, 1.54) is 17.2 Å². The van der Waals surface area contributed by atoms with Crippen molar-refractivity contribution in [2.75, 3.05) is 6.54 Å². The first kappa shape index (κ1) is 18.5. The van der Waals surface area contributed by atoms with Crippen LogP contribution in [-0.2, 0) is 4.79 Å². The van der Waals surface area contributed by atoms with Crippen molar-refractivity contribution in [3.63, 3.8) is 0 Å². The lowest BCUT2D eigenvalue weighted by atomic mass is 10.0. The molecule has 136 valence electrons. The Labute approximate surface area is 160 Å². The Bertz CT molecular complexity index is 826. The van der Waals surface area contributed by atoms with Crippen LogP contribution in [0.4, 0.5) is 0 Å². The van der Waals surface area contributed by atoms with Gasteiger partial charge < -0.3 is 14.7 Å². The Morgan fingerprint density at radius 1 is 1.19 bits per heavy atom. The molecule has 1 amide bonds. The fourth-order valence-electron chi connectivity index (χ4n) is 2.84. The van der Waals surface area contributed by atoms with Crippen molar-refractivity contribution >= 4 is 35.1 Å². The Balaban J connectivity index is 1.75. The van der Waals surface area contributed by atoms with Gasteiger partial charge in [-0.3, -0.25) is 4.79 Å². The average Bonchev–Trinajstić information content (AvgIpc) is 2.65. The Kier molecular flexibility index (Phi) is 5.64. The van der Waals surface area contributed by atoms with E-state index >= 15 is 0 Å². The molecule has 0 spiro atoms. The van der Waals surface area contributed by atoms with Crippen LogP contribution in [0.1, 0.15) is 29.6 Å². The number of carboxylic acids is 1. The molecule has 26 heavy (non-hydrogen) atoms. The van der Waals surface area contributed by atoms with E-state index in [0.717, 1.165) is 12.8 Å². The zero-order valence-corrected chi connectivity index (χ0v) is 15.2. The number of benzene rings is 1. The zero-order chi connectivity index (χ0) is 18.7. The molecule has 2 heterocycles. The van der Waals surface area contributed by atoms with Crippen molar-refractivity contribution in [1.82, 2.24) is 9.88 Å². The van der Waals surface area contributed by atoms with Gasteiger partial charge in [0.25, 0.3) is 5.91 Å². The van der Waals surface area contributed by atoms with Gasteiger partial charge in [0.1, 0.15) is 16.8 Å². The van der Waals surface area contributed by atoms with Gasteiger partial charge in [-0.1, -0.05) is 29.3 Å². The smallest absolute Gasteiger partial charge is 0.326 e. The topological polar surface area (TPSA) is 79.7 Å². The van der Waals surface area contributed by atoms with E-state index in [2.05, 4.69) is 4.98 Å². The van der Waals surface area contributed by atoms with Crippen molar-refractivity contribution in [1.29, 1.82) is 0 Å². The SMILES string of the molecule is O=C(O)[C@H]1CCCCN1C(=O)c1ccc(Oc2cccc(Cl)c2Cl)nc1. The minimum Gasteiger partial charge on any atom is -0.480 e. The number of carboxylic acid groups (broad SMARTS) is 1. The molecule has 1 fully saturated rings. The standard InChI is InChI=1S/C18H16Cl2N2O4/c19-12-4-3-6-14(16(12)20)26-15-8-7-11(10-21-15)17(23)22-9-2-1-5-13(22)18(24)25/h3-4,6-8,10,13H,1-2,5,9H2,(H,24,25)/t13-/m1/s1. The molecule has 1 atom stereocenters. The van der Waals surface area contributed by atoms with Gasteiger partial charge in [0.2, 0.25) is 5.88 Å². The van der Waals surface area contributed by atoms with E-state index in [-0.39, 0.29) is 16.8 Å². The third-order valence-electron chi connectivity index (χ3n) is 4.16. The highest BCUT2D eigenvalue weighted by molar-refractivity contribution is 6.42. The summed E-state index contributed by atoms with van der Waals surface area (Å²) in [5, 5.41) is 9.94. The second kappa shape index (κ2) is 7.93. The summed E-state index contributed by atoms with van der Waals surface area (Å²) in [5.74, 6) is -0.731. The monoisotopic (exact) mass is 394 g/mol. The molecule has 0 bridgehead atoms. The van der Waals surface area contributed by atoms with E-state index in [0.29, 0.717) is 29.3 Å². The van der Waals surface area contributed by atoms with Gasteiger partial charge in [-0.2, -0.15) is 0 Å². The van der Waals surface area contributed by atoms with Gasteiger partial charge in [0, 0.05) is 18.8 Å². The molecule has 3 rings (SSSR count). The number of likely N-dealkylation sites (tertiary alicyclic amines) is 1. The van der Waals surface area contributed by atoms with Crippen LogP contribution in [0.5, 0.6) is 11.6 Å². The highest BCUT2D eigenvalue weighted by atomic mass is 35.5. The van der Waals surface area contributed by atoms with Crippen LogP contribution in [-0.4, -0.2) is 39.5 Å². The van der Waals surface area contributed by atoms with Gasteiger partial charge in [-0.15, -0.1) is 0 Å². The molecular formula is C18H16Cl2N2O4. The average molecular weight is 395 g/mol. The van der Waals surface area contributed by atoms with Gasteiger partial charge >= 0.3 is 5.97 Å². The minimum atomic E-state index is -0.985. The number of aliphatic carboxylic acids is 1. The quantitative estimate of drug-likeness (QED) is 0.837. The summed E-state index contributed by atoms with van der Waals surface area (Å²) in [6.45, 7) is 0.423. The van der Waals surface area contributed by atoms with Crippen molar-refractivity contribution in [3.8, 4) is 11.6 Å². The summed E-state index contributed by atoms with van der Waals surface area (Å²) in [5.41, 5.74) is 0.308. The first-order valence-corrected chi connectivity index (χ1v) is 8.84. The van der Waals surface area contributed by atoms with E-state index in [9.17, 15) is 14.7 Å². The predicted octanol–water partition coefficient (Wildman–Crippen LogP) is 4.26. The van der Waals surface area contributed by atoms with Crippen LogP contribution in [0.3, 0.4) is 0 Å². The number of hydrogen-bond donors (Lipinski definition) is 1. The summed E-state index contributed by atoms with van der Waals surface area (Å²) in [6.07, 6.45) is 3.41. The lowest BCUT2D eigenvalue weighted by molar-refractivity contribution is -0.143. The number of pyridine rings is 1. The summed E-state index contributed by atoms with van der Waals surface area (Å²) in [4.78, 5) is 29.5. The second-order valence-corrected chi connectivity index (χ2v) is 6.67. The Morgan fingerprint density at radius 2 is 2.00 bits per heavy atom. The molecule has 1 aliphatic rings. The number of piperidine rings is 1. The fraction of sp³-hybridized carbons (Fsp3) is 0.278. The third kappa shape index (κ3) is 3.92. The van der Waals surface area contributed by atoms with Crippen LogP contribution in [0.2, 0.25) is 10.0 Å². The van der Waals surface area contributed by atoms with E-state index in [1.54, 1.807) is 24.3 Å². The lowest BCUT2D eigenvalue weighted by Crippen LogP contribution is -2.48. The summed E-state index contributed by atoms with van der Waals surface area (Å²) < 4.78 is 5.58. The van der Waals surface area contributed by atoms with Crippen LogP contribution >= 0.6 is 23.2 Å². The van der Waals surface area contributed by atoms with Gasteiger partial charge in [0.05, 0.1) is 10.6 Å². The van der Waals surface area contributed by atoms with E-state index in [1.807, 2.05) is 0 Å². The number of ether oxygens (including phenoxy) is 1. The van der Waals surface area contributed by atoms with Gasteiger partial charge in [0.15, 0.2) is 0 Å². The first-order chi connectivity index (χ1) is 12.5. The summed E-state index contributed by atoms with van der Waals surface area (Å²) in [7, 11) is 0. The molecule has 0 unspecified atom stereocenters. The number of rotatable bonds is 4. The molecule has 1 aliphatic heterocycles. The molecule has 0 radical (unpaired) electrons. The Morgan fingerprint density at radius 3 is 2.69 bits per heavy atom. The largest absolute Gasteiger partial charge is 0.480 e. The molecule has 2 aromatic rings. The summed E-state index contributed by atoms with van der Waals surface area (Å²) in [6, 6.07) is 7.28. The molecule has 6 nitrogen and oxygen atoms in total. The van der Waals surface area contributed by atoms with Crippen molar-refractivity contribution < 1.29 is 19.4 Å². The van der Waals surface area contributed by atoms with Crippen LogP contribution < -0.4 is 4.74 Å². The number of hydrogen-bond acceptors (Lipinski definition) is 4. The molecule has 0 aliphatic carbocycles.